The van der Waals surface area contributed by atoms with Crippen LogP contribution in [0.5, 0.6) is 0 Å². The Kier molecular flexibility index (Phi) is 3.74. The average molecular weight is 280 g/mol. The first kappa shape index (κ1) is 11.4. The van der Waals surface area contributed by atoms with Gasteiger partial charge in [0, 0.05) is 35.9 Å². The Morgan fingerprint density at radius 3 is 2.94 bits per heavy atom. The van der Waals surface area contributed by atoms with Crippen molar-refractivity contribution >= 4 is 15.9 Å². The van der Waals surface area contributed by atoms with Crippen LogP contribution in [0.3, 0.4) is 0 Å². The fourth-order valence-electron chi connectivity index (χ4n) is 1.73. The van der Waals surface area contributed by atoms with E-state index in [1.807, 2.05) is 24.7 Å². The molecule has 1 unspecified atom stereocenters. The monoisotopic (exact) mass is 279 g/mol. The Morgan fingerprint density at radius 2 is 2.31 bits per heavy atom. The molecular formula is C12H14BrN3. The van der Waals surface area contributed by atoms with Gasteiger partial charge in [-0.2, -0.15) is 0 Å². The number of imidazole rings is 1. The van der Waals surface area contributed by atoms with E-state index >= 15 is 0 Å². The van der Waals surface area contributed by atoms with Gasteiger partial charge in [-0.05, 0) is 17.7 Å². The van der Waals surface area contributed by atoms with E-state index in [1.165, 1.54) is 5.56 Å². The standard InChI is InChI=1S/C12H14BrN3/c13-12-3-1-2-10(6-12)11(7-14)8-16-5-4-15-9-16/h1-6,9,11H,7-8,14H2. The second-order valence-corrected chi connectivity index (χ2v) is 4.66. The second-order valence-electron chi connectivity index (χ2n) is 3.75. The average Bonchev–Trinajstić information content (AvgIpc) is 2.78. The van der Waals surface area contributed by atoms with Gasteiger partial charge in [-0.3, -0.25) is 0 Å². The first-order valence-electron chi connectivity index (χ1n) is 5.21. The predicted octanol–water partition coefficient (Wildman–Crippen LogP) is 2.39. The van der Waals surface area contributed by atoms with Crippen molar-refractivity contribution in [3.05, 3.63) is 53.0 Å². The zero-order valence-corrected chi connectivity index (χ0v) is 10.5. The van der Waals surface area contributed by atoms with E-state index in [4.69, 9.17) is 5.73 Å². The molecule has 3 nitrogen and oxygen atoms in total. The molecule has 0 aliphatic heterocycles. The van der Waals surface area contributed by atoms with Crippen LogP contribution < -0.4 is 5.73 Å². The van der Waals surface area contributed by atoms with Gasteiger partial charge < -0.3 is 10.3 Å². The number of aromatic nitrogens is 2. The molecule has 16 heavy (non-hydrogen) atoms. The van der Waals surface area contributed by atoms with Crippen molar-refractivity contribution in [1.29, 1.82) is 0 Å². The van der Waals surface area contributed by atoms with Crippen molar-refractivity contribution < 1.29 is 0 Å². The number of nitrogens with zero attached hydrogens (tertiary/aromatic N) is 2. The van der Waals surface area contributed by atoms with Crippen LogP contribution in [0.4, 0.5) is 0 Å². The highest BCUT2D eigenvalue weighted by molar-refractivity contribution is 9.10. The molecule has 2 aromatic rings. The molecule has 0 amide bonds. The van der Waals surface area contributed by atoms with E-state index in [0.717, 1.165) is 11.0 Å². The van der Waals surface area contributed by atoms with Gasteiger partial charge in [0.1, 0.15) is 0 Å². The highest BCUT2D eigenvalue weighted by Gasteiger charge is 2.10. The van der Waals surface area contributed by atoms with Gasteiger partial charge in [0.15, 0.2) is 0 Å². The van der Waals surface area contributed by atoms with Crippen LogP contribution in [0.1, 0.15) is 11.5 Å². The zero-order valence-electron chi connectivity index (χ0n) is 8.88. The number of nitrogens with two attached hydrogens (primary N) is 1. The molecule has 1 atom stereocenters. The number of benzene rings is 1. The van der Waals surface area contributed by atoms with Crippen LogP contribution in [0, 0.1) is 0 Å². The smallest absolute Gasteiger partial charge is 0.0946 e. The number of rotatable bonds is 4. The number of halogens is 1. The fourth-order valence-corrected chi connectivity index (χ4v) is 2.14. The van der Waals surface area contributed by atoms with Crippen molar-refractivity contribution in [3.8, 4) is 0 Å². The Morgan fingerprint density at radius 1 is 1.44 bits per heavy atom. The van der Waals surface area contributed by atoms with Gasteiger partial charge in [0.2, 0.25) is 0 Å². The maximum atomic E-state index is 5.82. The minimum absolute atomic E-state index is 0.326. The lowest BCUT2D eigenvalue weighted by atomic mass is 9.99. The van der Waals surface area contributed by atoms with Crippen LogP contribution >= 0.6 is 15.9 Å². The van der Waals surface area contributed by atoms with E-state index in [1.54, 1.807) is 6.20 Å². The normalized spacial score (nSPS) is 12.6. The van der Waals surface area contributed by atoms with Crippen LogP contribution in [-0.2, 0) is 6.54 Å². The van der Waals surface area contributed by atoms with Crippen LogP contribution in [0.15, 0.2) is 47.5 Å². The van der Waals surface area contributed by atoms with E-state index < -0.39 is 0 Å². The van der Waals surface area contributed by atoms with Gasteiger partial charge in [0.05, 0.1) is 6.33 Å². The minimum Gasteiger partial charge on any atom is -0.337 e. The van der Waals surface area contributed by atoms with E-state index in [-0.39, 0.29) is 0 Å². The summed E-state index contributed by atoms with van der Waals surface area (Å²) in [5.41, 5.74) is 7.08. The molecule has 0 radical (unpaired) electrons. The summed E-state index contributed by atoms with van der Waals surface area (Å²) in [6.45, 7) is 1.50. The Hall–Kier alpha value is -1.13. The van der Waals surface area contributed by atoms with E-state index in [9.17, 15) is 0 Å². The summed E-state index contributed by atoms with van der Waals surface area (Å²) < 4.78 is 3.15. The van der Waals surface area contributed by atoms with E-state index in [0.29, 0.717) is 12.5 Å². The maximum Gasteiger partial charge on any atom is 0.0946 e. The molecule has 0 saturated heterocycles. The van der Waals surface area contributed by atoms with Gasteiger partial charge in [0.25, 0.3) is 0 Å². The number of hydrogen-bond acceptors (Lipinski definition) is 2. The molecule has 0 fully saturated rings. The highest BCUT2D eigenvalue weighted by atomic mass is 79.9. The minimum atomic E-state index is 0.326. The first-order chi connectivity index (χ1) is 7.79. The third kappa shape index (κ3) is 2.71. The maximum absolute atomic E-state index is 5.82. The lowest BCUT2D eigenvalue weighted by Gasteiger charge is -2.16. The van der Waals surface area contributed by atoms with Crippen LogP contribution in [-0.4, -0.2) is 16.1 Å². The molecule has 1 heterocycles. The van der Waals surface area contributed by atoms with Crippen molar-refractivity contribution in [3.63, 3.8) is 0 Å². The zero-order chi connectivity index (χ0) is 11.4. The highest BCUT2D eigenvalue weighted by Crippen LogP contribution is 2.20. The van der Waals surface area contributed by atoms with Crippen molar-refractivity contribution in [1.82, 2.24) is 9.55 Å². The molecule has 2 N–H and O–H groups in total. The van der Waals surface area contributed by atoms with Crippen molar-refractivity contribution in [2.75, 3.05) is 6.54 Å². The van der Waals surface area contributed by atoms with Crippen LogP contribution in [0.25, 0.3) is 0 Å². The van der Waals surface area contributed by atoms with Crippen molar-refractivity contribution in [2.45, 2.75) is 12.5 Å². The Bertz CT molecular complexity index is 439. The molecule has 0 saturated carbocycles. The molecule has 0 bridgehead atoms. The van der Waals surface area contributed by atoms with Crippen LogP contribution in [0.2, 0.25) is 0 Å². The summed E-state index contributed by atoms with van der Waals surface area (Å²) in [6, 6.07) is 8.29. The number of hydrogen-bond donors (Lipinski definition) is 1. The SMILES string of the molecule is NCC(Cn1ccnc1)c1cccc(Br)c1. The molecule has 1 aromatic heterocycles. The third-order valence-electron chi connectivity index (χ3n) is 2.59. The largest absolute Gasteiger partial charge is 0.337 e. The predicted molar refractivity (Wildman–Crippen MR) is 68.2 cm³/mol. The first-order valence-corrected chi connectivity index (χ1v) is 6.00. The van der Waals surface area contributed by atoms with Crippen molar-refractivity contribution in [2.24, 2.45) is 5.73 Å². The van der Waals surface area contributed by atoms with Gasteiger partial charge in [-0.15, -0.1) is 0 Å². The molecule has 0 aliphatic carbocycles. The van der Waals surface area contributed by atoms with Gasteiger partial charge in [-0.1, -0.05) is 28.1 Å². The fraction of sp³-hybridized carbons (Fsp3) is 0.250. The topological polar surface area (TPSA) is 43.8 Å². The summed E-state index contributed by atoms with van der Waals surface area (Å²) >= 11 is 3.48. The molecular weight excluding hydrogens is 266 g/mol. The summed E-state index contributed by atoms with van der Waals surface area (Å²) in [7, 11) is 0. The molecule has 4 heteroatoms. The molecule has 0 aliphatic rings. The molecule has 1 aromatic carbocycles. The summed E-state index contributed by atoms with van der Waals surface area (Å²) in [5.74, 6) is 0.326. The summed E-state index contributed by atoms with van der Waals surface area (Å²) in [6.07, 6.45) is 5.57. The summed E-state index contributed by atoms with van der Waals surface area (Å²) in [5, 5.41) is 0. The quantitative estimate of drug-likeness (QED) is 0.934. The Balaban J connectivity index is 2.16. The van der Waals surface area contributed by atoms with E-state index in [2.05, 4.69) is 37.6 Å². The Labute approximate surface area is 103 Å². The summed E-state index contributed by atoms with van der Waals surface area (Å²) in [4.78, 5) is 4.03. The molecule has 84 valence electrons. The third-order valence-corrected chi connectivity index (χ3v) is 3.09. The molecule has 0 spiro atoms. The second kappa shape index (κ2) is 5.27. The lowest BCUT2D eigenvalue weighted by Crippen LogP contribution is -2.17. The van der Waals surface area contributed by atoms with Gasteiger partial charge >= 0.3 is 0 Å². The molecule has 2 rings (SSSR count). The van der Waals surface area contributed by atoms with Gasteiger partial charge in [-0.25, -0.2) is 4.98 Å². The lowest BCUT2D eigenvalue weighted by molar-refractivity contribution is 0.566.